The predicted octanol–water partition coefficient (Wildman–Crippen LogP) is 2.73. The topological polar surface area (TPSA) is 21.3 Å². The second-order valence-corrected chi connectivity index (χ2v) is 4.55. The molecule has 74 valence electrons. The van der Waals surface area contributed by atoms with Gasteiger partial charge in [-0.2, -0.15) is 5.48 Å². The zero-order chi connectivity index (χ0) is 9.68. The van der Waals surface area contributed by atoms with Gasteiger partial charge in [0.05, 0.1) is 13.2 Å². The Morgan fingerprint density at radius 2 is 2.31 bits per heavy atom. The Balaban J connectivity index is 2.17. The fraction of sp³-hybridized carbons (Fsp3) is 0.600. The minimum atomic E-state index is 0.580. The van der Waals surface area contributed by atoms with Gasteiger partial charge in [-0.3, -0.25) is 0 Å². The predicted molar refractivity (Wildman–Crippen MR) is 56.7 cm³/mol. The first-order valence-corrected chi connectivity index (χ1v) is 5.45. The van der Waals surface area contributed by atoms with Crippen LogP contribution in [0.1, 0.15) is 24.3 Å². The van der Waals surface area contributed by atoms with Crippen LogP contribution in [0.25, 0.3) is 0 Å². The van der Waals surface area contributed by atoms with Crippen molar-refractivity contribution in [3.8, 4) is 0 Å². The van der Waals surface area contributed by atoms with E-state index in [2.05, 4.69) is 37.7 Å². The molecule has 0 aliphatic rings. The molecule has 2 nitrogen and oxygen atoms in total. The van der Waals surface area contributed by atoms with Gasteiger partial charge in [-0.15, -0.1) is 11.3 Å². The summed E-state index contributed by atoms with van der Waals surface area (Å²) in [7, 11) is 0. The maximum atomic E-state index is 5.28. The Hall–Kier alpha value is -0.380. The van der Waals surface area contributed by atoms with Crippen LogP contribution in [-0.4, -0.2) is 6.61 Å². The van der Waals surface area contributed by atoms with Crippen LogP contribution >= 0.6 is 11.3 Å². The van der Waals surface area contributed by atoms with E-state index in [0.29, 0.717) is 5.92 Å². The quantitative estimate of drug-likeness (QED) is 0.581. The normalized spacial score (nSPS) is 11.1. The van der Waals surface area contributed by atoms with E-state index in [9.17, 15) is 0 Å². The molecule has 1 heterocycles. The summed E-state index contributed by atoms with van der Waals surface area (Å²) in [5, 5.41) is 2.11. The molecule has 0 bridgehead atoms. The fourth-order valence-electron chi connectivity index (χ4n) is 0.927. The first kappa shape index (κ1) is 10.7. The lowest BCUT2D eigenvalue weighted by Gasteiger charge is -2.07. The van der Waals surface area contributed by atoms with E-state index in [-0.39, 0.29) is 0 Å². The van der Waals surface area contributed by atoms with Crippen molar-refractivity contribution >= 4 is 11.3 Å². The van der Waals surface area contributed by atoms with Crippen molar-refractivity contribution < 1.29 is 4.84 Å². The third kappa shape index (κ3) is 3.89. The van der Waals surface area contributed by atoms with Crippen molar-refractivity contribution in [2.45, 2.75) is 27.3 Å². The Bertz CT molecular complexity index is 245. The summed E-state index contributed by atoms with van der Waals surface area (Å²) in [6.07, 6.45) is 0. The summed E-state index contributed by atoms with van der Waals surface area (Å²) in [6.45, 7) is 7.98. The highest BCUT2D eigenvalue weighted by Crippen LogP contribution is 2.14. The van der Waals surface area contributed by atoms with E-state index in [0.717, 1.165) is 13.2 Å². The summed E-state index contributed by atoms with van der Waals surface area (Å²) < 4.78 is 0. The van der Waals surface area contributed by atoms with Crippen LogP contribution in [0.5, 0.6) is 0 Å². The molecule has 13 heavy (non-hydrogen) atoms. The van der Waals surface area contributed by atoms with Gasteiger partial charge in [0.25, 0.3) is 0 Å². The van der Waals surface area contributed by atoms with Gasteiger partial charge in [-0.25, -0.2) is 0 Å². The third-order valence-corrected chi connectivity index (χ3v) is 2.74. The number of nitrogens with one attached hydrogen (secondary N) is 1. The van der Waals surface area contributed by atoms with E-state index in [1.54, 1.807) is 11.3 Å². The van der Waals surface area contributed by atoms with E-state index >= 15 is 0 Å². The molecule has 1 N–H and O–H groups in total. The van der Waals surface area contributed by atoms with Gasteiger partial charge in [0.1, 0.15) is 0 Å². The Morgan fingerprint density at radius 3 is 2.85 bits per heavy atom. The zero-order valence-corrected chi connectivity index (χ0v) is 9.28. The Morgan fingerprint density at radius 1 is 1.54 bits per heavy atom. The van der Waals surface area contributed by atoms with E-state index in [4.69, 9.17) is 4.84 Å². The standard InChI is InChI=1S/C10H17NOS/c1-8(2)7-12-11-6-10-9(3)4-5-13-10/h4-5,8,11H,6-7H2,1-3H3. The van der Waals surface area contributed by atoms with Crippen molar-refractivity contribution in [1.29, 1.82) is 0 Å². The molecule has 0 aliphatic carbocycles. The monoisotopic (exact) mass is 199 g/mol. The molecule has 0 radical (unpaired) electrons. The highest BCUT2D eigenvalue weighted by molar-refractivity contribution is 7.10. The molecule has 0 atom stereocenters. The molecular formula is C10H17NOS. The second kappa shape index (κ2) is 5.37. The molecule has 0 aliphatic heterocycles. The van der Waals surface area contributed by atoms with E-state index < -0.39 is 0 Å². The molecule has 3 heteroatoms. The van der Waals surface area contributed by atoms with Gasteiger partial charge in [-0.1, -0.05) is 13.8 Å². The average Bonchev–Trinajstić information content (AvgIpc) is 2.45. The molecule has 0 saturated heterocycles. The highest BCUT2D eigenvalue weighted by atomic mass is 32.1. The van der Waals surface area contributed by atoms with Gasteiger partial charge in [-0.05, 0) is 29.9 Å². The number of rotatable bonds is 5. The molecule has 1 aromatic rings. The number of hydrogen-bond acceptors (Lipinski definition) is 3. The van der Waals surface area contributed by atoms with Gasteiger partial charge in [0, 0.05) is 4.88 Å². The molecule has 0 unspecified atom stereocenters. The maximum absolute atomic E-state index is 5.28. The number of hydrogen-bond donors (Lipinski definition) is 1. The van der Waals surface area contributed by atoms with Crippen LogP contribution < -0.4 is 5.48 Å². The van der Waals surface area contributed by atoms with Crippen LogP contribution in [0.15, 0.2) is 11.4 Å². The molecule has 0 spiro atoms. The van der Waals surface area contributed by atoms with Crippen molar-refractivity contribution in [2.75, 3.05) is 6.61 Å². The molecule has 1 aromatic heterocycles. The highest BCUT2D eigenvalue weighted by Gasteiger charge is 1.99. The number of thiophene rings is 1. The van der Waals surface area contributed by atoms with Crippen molar-refractivity contribution in [3.05, 3.63) is 21.9 Å². The first-order valence-electron chi connectivity index (χ1n) is 4.57. The summed E-state index contributed by atoms with van der Waals surface area (Å²) in [5.74, 6) is 0.580. The lowest BCUT2D eigenvalue weighted by atomic mass is 10.2. The Kier molecular flexibility index (Phi) is 4.42. The first-order chi connectivity index (χ1) is 6.20. The van der Waals surface area contributed by atoms with Crippen LogP contribution in [-0.2, 0) is 11.4 Å². The molecular weight excluding hydrogens is 182 g/mol. The Labute approximate surface area is 83.9 Å². The van der Waals surface area contributed by atoms with E-state index in [1.807, 2.05) is 0 Å². The second-order valence-electron chi connectivity index (χ2n) is 3.55. The number of hydroxylamine groups is 1. The lowest BCUT2D eigenvalue weighted by Crippen LogP contribution is -2.17. The molecule has 1 rings (SSSR count). The lowest BCUT2D eigenvalue weighted by molar-refractivity contribution is 0.0201. The van der Waals surface area contributed by atoms with Crippen LogP contribution in [0.2, 0.25) is 0 Å². The molecule has 0 aromatic carbocycles. The summed E-state index contributed by atoms with van der Waals surface area (Å²) >= 11 is 1.77. The zero-order valence-electron chi connectivity index (χ0n) is 8.46. The largest absolute Gasteiger partial charge is 0.301 e. The summed E-state index contributed by atoms with van der Waals surface area (Å²) in [4.78, 5) is 6.63. The average molecular weight is 199 g/mol. The SMILES string of the molecule is Cc1ccsc1CNOCC(C)C. The van der Waals surface area contributed by atoms with Gasteiger partial charge in [0.15, 0.2) is 0 Å². The van der Waals surface area contributed by atoms with Gasteiger partial charge < -0.3 is 4.84 Å². The molecule has 0 saturated carbocycles. The van der Waals surface area contributed by atoms with Crippen LogP contribution in [0, 0.1) is 12.8 Å². The molecule has 0 fully saturated rings. The fourth-order valence-corrected chi connectivity index (χ4v) is 1.76. The minimum Gasteiger partial charge on any atom is -0.301 e. The maximum Gasteiger partial charge on any atom is 0.0705 e. The summed E-state index contributed by atoms with van der Waals surface area (Å²) in [5.41, 5.74) is 4.31. The molecule has 0 amide bonds. The van der Waals surface area contributed by atoms with Crippen molar-refractivity contribution in [1.82, 2.24) is 5.48 Å². The van der Waals surface area contributed by atoms with Gasteiger partial charge >= 0.3 is 0 Å². The smallest absolute Gasteiger partial charge is 0.0705 e. The van der Waals surface area contributed by atoms with Crippen molar-refractivity contribution in [2.24, 2.45) is 5.92 Å². The third-order valence-electron chi connectivity index (χ3n) is 1.72. The summed E-state index contributed by atoms with van der Waals surface area (Å²) in [6, 6.07) is 2.13. The van der Waals surface area contributed by atoms with Crippen LogP contribution in [0.4, 0.5) is 0 Å². The van der Waals surface area contributed by atoms with Gasteiger partial charge in [0.2, 0.25) is 0 Å². The number of aryl methyl sites for hydroxylation is 1. The minimum absolute atomic E-state index is 0.580. The van der Waals surface area contributed by atoms with E-state index in [1.165, 1.54) is 10.4 Å². The van der Waals surface area contributed by atoms with Crippen molar-refractivity contribution in [3.63, 3.8) is 0 Å². The van der Waals surface area contributed by atoms with Crippen LogP contribution in [0.3, 0.4) is 0 Å².